The molecule has 0 aromatic rings. The number of methoxy groups -OCH3 is 3. The predicted octanol–water partition coefficient (Wildman–Crippen LogP) is 10.2. The Hall–Kier alpha value is -2.66. The third-order valence-electron chi connectivity index (χ3n) is 22.1. The minimum atomic E-state index is -1.17. The maximum Gasteiger partial charge on any atom is 0.333 e. The van der Waals surface area contributed by atoms with Crippen molar-refractivity contribution in [3.63, 3.8) is 0 Å². The number of carbonyl (C=O) groups is 2. The monoisotopic (exact) mass is 1300 g/mol. The highest BCUT2D eigenvalue weighted by atomic mass is 16.6. The highest BCUT2D eigenvalue weighted by Crippen LogP contribution is 2.38. The van der Waals surface area contributed by atoms with Crippen molar-refractivity contribution in [3.05, 3.63) is 47.6 Å². The lowest BCUT2D eigenvalue weighted by Crippen LogP contribution is -2.45. The van der Waals surface area contributed by atoms with Gasteiger partial charge < -0.3 is 78.7 Å². The van der Waals surface area contributed by atoms with Gasteiger partial charge in [0.2, 0.25) is 0 Å². The standard InChI is InChI=1S/C74H128O18/c1-42(27-30-59-37-61(85-13)32-46(5)88-59)69(81)52(11)72-51(10)67(80)41-65(78)49(8)68(87-15)35-55-23-18-22-54(34-55)21-17-16-20-44(3)73(83)91-71(43(2)28-31-60-38-62(86-14)33-47(6)89-60)53(12)70(82)50(9)66(79)40-64(77)48(7)63(76)39-58-25-19-24-57(90-58)36-56(75)29-26-45(4)74(84)92-72/h18-20,22,24,26,42-43,46-72,75-82H,16-17,21,23,25,27-41H2,1-15H3. The summed E-state index contributed by atoms with van der Waals surface area (Å²) in [6.07, 6.45) is 12.3. The van der Waals surface area contributed by atoms with Crippen LogP contribution in [0.5, 0.6) is 0 Å². The average Bonchev–Trinajstić information content (AvgIpc) is 3.67. The molecule has 8 N–H and O–H groups in total. The van der Waals surface area contributed by atoms with Gasteiger partial charge in [-0.2, -0.15) is 0 Å². The van der Waals surface area contributed by atoms with Gasteiger partial charge in [-0.05, 0) is 167 Å². The van der Waals surface area contributed by atoms with Gasteiger partial charge in [0, 0.05) is 80.8 Å². The second-order valence-corrected chi connectivity index (χ2v) is 29.7. The van der Waals surface area contributed by atoms with Crippen LogP contribution in [-0.2, 0) is 47.5 Å². The van der Waals surface area contributed by atoms with E-state index in [4.69, 9.17) is 37.9 Å². The third kappa shape index (κ3) is 25.0. The molecule has 0 amide bonds. The van der Waals surface area contributed by atoms with Crippen molar-refractivity contribution in [2.24, 2.45) is 59.2 Å². The van der Waals surface area contributed by atoms with Crippen molar-refractivity contribution >= 4 is 11.9 Å². The van der Waals surface area contributed by atoms with Gasteiger partial charge in [-0.25, -0.2) is 9.59 Å². The summed E-state index contributed by atoms with van der Waals surface area (Å²) < 4.78 is 49.2. The number of carbonyl (C=O) groups excluding carboxylic acids is 2. The Morgan fingerprint density at radius 1 is 0.543 bits per heavy atom. The molecule has 2 saturated heterocycles. The largest absolute Gasteiger partial charge is 0.458 e. The third-order valence-corrected chi connectivity index (χ3v) is 22.1. The Bertz CT molecular complexity index is 2260. The van der Waals surface area contributed by atoms with Gasteiger partial charge in [0.1, 0.15) is 12.2 Å². The van der Waals surface area contributed by atoms with Gasteiger partial charge in [-0.1, -0.05) is 91.8 Å². The molecule has 0 aromatic carbocycles. The average molecular weight is 1310 g/mol. The summed E-state index contributed by atoms with van der Waals surface area (Å²) in [6.45, 7) is 22.3. The maximum atomic E-state index is 14.2. The quantitative estimate of drug-likeness (QED) is 0.0629. The Kier molecular flexibility index (Phi) is 34.5. The first kappa shape index (κ1) is 80.0. The molecule has 92 heavy (non-hydrogen) atoms. The van der Waals surface area contributed by atoms with Crippen molar-refractivity contribution in [1.82, 2.24) is 0 Å². The normalized spacial score (nSPS) is 41.3. The van der Waals surface area contributed by atoms with Crippen LogP contribution < -0.4 is 0 Å². The fraction of sp³-hybridized carbons (Fsp3) is 0.865. The number of allylic oxidation sites excluding steroid dienone is 3. The van der Waals surface area contributed by atoms with E-state index in [0.717, 1.165) is 51.4 Å². The Labute approximate surface area is 553 Å². The van der Waals surface area contributed by atoms with Gasteiger partial charge in [0.25, 0.3) is 0 Å². The molecule has 18 nitrogen and oxygen atoms in total. The van der Waals surface area contributed by atoms with Crippen LogP contribution in [0.25, 0.3) is 0 Å². The molecule has 4 aliphatic heterocycles. The molecule has 0 aromatic heterocycles. The van der Waals surface area contributed by atoms with E-state index in [1.54, 1.807) is 62.0 Å². The van der Waals surface area contributed by atoms with Crippen LogP contribution in [0.4, 0.5) is 0 Å². The Morgan fingerprint density at radius 2 is 1.09 bits per heavy atom. The summed E-state index contributed by atoms with van der Waals surface area (Å²) in [6, 6.07) is 0. The fourth-order valence-corrected chi connectivity index (χ4v) is 15.3. The molecule has 0 saturated carbocycles. The molecule has 4 bridgehead atoms. The zero-order valence-corrected chi connectivity index (χ0v) is 59.0. The molecule has 29 unspecified atom stereocenters. The summed E-state index contributed by atoms with van der Waals surface area (Å²) in [7, 11) is 5.10. The number of aliphatic hydroxyl groups excluding tert-OH is 8. The minimum Gasteiger partial charge on any atom is -0.458 e. The number of ether oxygens (including phenoxy) is 8. The Morgan fingerprint density at radius 3 is 1.70 bits per heavy atom. The molecule has 1 aliphatic carbocycles. The highest BCUT2D eigenvalue weighted by molar-refractivity contribution is 5.88. The molecule has 532 valence electrons. The van der Waals surface area contributed by atoms with Gasteiger partial charge in [-0.3, -0.25) is 0 Å². The number of rotatable bonds is 13. The molecule has 5 aliphatic rings. The van der Waals surface area contributed by atoms with Crippen molar-refractivity contribution in [3.8, 4) is 0 Å². The maximum absolute atomic E-state index is 14.2. The van der Waals surface area contributed by atoms with Crippen molar-refractivity contribution in [2.45, 2.75) is 327 Å². The molecule has 0 radical (unpaired) electrons. The van der Waals surface area contributed by atoms with E-state index in [0.29, 0.717) is 56.4 Å². The second-order valence-electron chi connectivity index (χ2n) is 29.7. The lowest BCUT2D eigenvalue weighted by atomic mass is 9.77. The first-order valence-corrected chi connectivity index (χ1v) is 35.6. The summed E-state index contributed by atoms with van der Waals surface area (Å²) >= 11 is 0. The van der Waals surface area contributed by atoms with Crippen LogP contribution in [0, 0.1) is 59.2 Å². The zero-order valence-electron chi connectivity index (χ0n) is 59.0. The molecular formula is C74H128O18. The highest BCUT2D eigenvalue weighted by Gasteiger charge is 2.42. The van der Waals surface area contributed by atoms with Crippen LogP contribution in [-0.4, -0.2) is 190 Å². The number of cyclic esters (lactones) is 2. The van der Waals surface area contributed by atoms with Crippen molar-refractivity contribution < 1.29 is 88.3 Å². The number of aliphatic hydroxyl groups is 8. The van der Waals surface area contributed by atoms with Crippen LogP contribution >= 0.6 is 0 Å². The van der Waals surface area contributed by atoms with Crippen LogP contribution in [0.15, 0.2) is 47.6 Å². The molecule has 29 atom stereocenters. The van der Waals surface area contributed by atoms with Gasteiger partial charge >= 0.3 is 11.9 Å². The number of hydrogen-bond donors (Lipinski definition) is 8. The van der Waals surface area contributed by atoms with Crippen molar-refractivity contribution in [1.29, 1.82) is 0 Å². The first-order valence-electron chi connectivity index (χ1n) is 35.6. The fourth-order valence-electron chi connectivity index (χ4n) is 15.3. The van der Waals surface area contributed by atoms with E-state index in [-0.39, 0.29) is 104 Å². The molecule has 2 fully saturated rings. The molecule has 4 heterocycles. The SMILES string of the molecule is COC1CC(C)OC(CCC(C)C(O)C(C)C2OC(=O)C(C)=CCC(O)CC3C=CCC(CC(O)C(C)C(O)CC(O)C(C)C(O)C(C)C(C(C)CCC4CC(OC)CC(C)O4)OC(=O)C(C)=CCCCC4C=CCC(C4)CC(OC)C(C)C(O)CC(O)C2C)O3)C1. The Balaban J connectivity index is 1.36. The van der Waals surface area contributed by atoms with Gasteiger partial charge in [-0.15, -0.1) is 0 Å². The van der Waals surface area contributed by atoms with Crippen LogP contribution in [0.3, 0.4) is 0 Å². The van der Waals surface area contributed by atoms with E-state index >= 15 is 0 Å². The molecule has 18 heteroatoms. The minimum absolute atomic E-state index is 0.0193. The van der Waals surface area contributed by atoms with E-state index in [9.17, 15) is 50.4 Å². The van der Waals surface area contributed by atoms with Crippen molar-refractivity contribution in [2.75, 3.05) is 21.3 Å². The molecule has 0 spiro atoms. The predicted molar refractivity (Wildman–Crippen MR) is 356 cm³/mol. The smallest absolute Gasteiger partial charge is 0.333 e. The van der Waals surface area contributed by atoms with E-state index < -0.39 is 115 Å². The van der Waals surface area contributed by atoms with Crippen LogP contribution in [0.2, 0.25) is 0 Å². The topological polar surface area (TPSA) is 270 Å². The first-order chi connectivity index (χ1) is 43.5. The van der Waals surface area contributed by atoms with E-state index in [2.05, 4.69) is 12.2 Å². The summed E-state index contributed by atoms with van der Waals surface area (Å²) in [5, 5.41) is 94.1. The number of hydrogen-bond acceptors (Lipinski definition) is 18. The summed E-state index contributed by atoms with van der Waals surface area (Å²) in [5.41, 5.74) is 0.717. The summed E-state index contributed by atoms with van der Waals surface area (Å²) in [5.74, 6) is -4.68. The lowest BCUT2D eigenvalue weighted by molar-refractivity contribution is -0.159. The zero-order chi connectivity index (χ0) is 68.1. The second kappa shape index (κ2) is 39.7. The van der Waals surface area contributed by atoms with Gasteiger partial charge in [0.05, 0.1) is 104 Å². The lowest BCUT2D eigenvalue weighted by Gasteiger charge is -2.38. The number of fused-ring (bicyclic) bond motifs is 4. The van der Waals surface area contributed by atoms with E-state index in [1.807, 2.05) is 66.7 Å². The number of esters is 2. The van der Waals surface area contributed by atoms with E-state index in [1.165, 1.54) is 0 Å². The van der Waals surface area contributed by atoms with Crippen LogP contribution in [0.1, 0.15) is 212 Å². The van der Waals surface area contributed by atoms with Gasteiger partial charge in [0.15, 0.2) is 0 Å². The summed E-state index contributed by atoms with van der Waals surface area (Å²) in [4.78, 5) is 28.2. The molecular weight excluding hydrogens is 1180 g/mol. The molecule has 5 rings (SSSR count).